The van der Waals surface area contributed by atoms with Crippen molar-refractivity contribution in [1.82, 2.24) is 0 Å². The van der Waals surface area contributed by atoms with Crippen molar-refractivity contribution in [2.45, 2.75) is 31.0 Å². The summed E-state index contributed by atoms with van der Waals surface area (Å²) in [5.74, 6) is 0. The van der Waals surface area contributed by atoms with Gasteiger partial charge in [-0.15, -0.1) is 0 Å². The van der Waals surface area contributed by atoms with Crippen LogP contribution < -0.4 is 0 Å². The van der Waals surface area contributed by atoms with Crippen LogP contribution in [0.25, 0.3) is 0 Å². The van der Waals surface area contributed by atoms with Gasteiger partial charge in [0, 0.05) is 29.9 Å². The summed E-state index contributed by atoms with van der Waals surface area (Å²) in [5.41, 5.74) is 0.667. The number of hydrogen-bond acceptors (Lipinski definition) is 2. The first-order valence-electron chi connectivity index (χ1n) is 5.11. The van der Waals surface area contributed by atoms with Crippen LogP contribution >= 0.6 is 22.6 Å². The normalized spacial score (nSPS) is 29.9. The average Bonchev–Trinajstić information content (AvgIpc) is 2.17. The molecule has 1 N–H and O–H groups in total. The molecule has 2 rings (SSSR count). The first-order chi connectivity index (χ1) is 7.11. The van der Waals surface area contributed by atoms with Crippen molar-refractivity contribution >= 4 is 22.6 Å². The Morgan fingerprint density at radius 1 is 1.40 bits per heavy atom. The highest BCUT2D eigenvalue weighted by atomic mass is 127. The zero-order valence-corrected chi connectivity index (χ0v) is 10.9. The molecular formula is C12H15IO2. The molecule has 1 aliphatic carbocycles. The van der Waals surface area contributed by atoms with Gasteiger partial charge in [-0.2, -0.15) is 0 Å². The van der Waals surface area contributed by atoms with Crippen molar-refractivity contribution in [3.63, 3.8) is 0 Å². The van der Waals surface area contributed by atoms with Gasteiger partial charge < -0.3 is 9.84 Å². The fourth-order valence-electron chi connectivity index (χ4n) is 2.08. The van der Waals surface area contributed by atoms with Gasteiger partial charge in [-0.1, -0.05) is 12.1 Å². The van der Waals surface area contributed by atoms with Gasteiger partial charge in [0.2, 0.25) is 0 Å². The van der Waals surface area contributed by atoms with Crippen molar-refractivity contribution in [2.75, 3.05) is 7.11 Å². The zero-order valence-electron chi connectivity index (χ0n) is 8.74. The topological polar surface area (TPSA) is 29.5 Å². The summed E-state index contributed by atoms with van der Waals surface area (Å²) >= 11 is 2.28. The molecule has 0 amide bonds. The second kappa shape index (κ2) is 4.39. The molecule has 0 heterocycles. The molecule has 3 heteroatoms. The predicted octanol–water partition coefficient (Wildman–Crippen LogP) is 2.37. The number of hydrogen-bond donors (Lipinski definition) is 1. The van der Waals surface area contributed by atoms with E-state index in [0.29, 0.717) is 0 Å². The van der Waals surface area contributed by atoms with Crippen molar-refractivity contribution in [3.05, 3.63) is 33.4 Å². The largest absolute Gasteiger partial charge is 0.389 e. The number of aliphatic hydroxyl groups is 1. The standard InChI is InChI=1S/C12H15IO2/c1-15-11-7-12(14,8-11)6-9-2-4-10(13)5-3-9/h2-5,11,14H,6-8H2,1H3. The Morgan fingerprint density at radius 3 is 2.53 bits per heavy atom. The number of ether oxygens (including phenoxy) is 1. The molecule has 1 aromatic rings. The summed E-state index contributed by atoms with van der Waals surface area (Å²) in [6.07, 6.45) is 2.51. The Hall–Kier alpha value is -0.130. The Labute approximate surface area is 104 Å². The fraction of sp³-hybridized carbons (Fsp3) is 0.500. The SMILES string of the molecule is COC1CC(O)(Cc2ccc(I)cc2)C1. The van der Waals surface area contributed by atoms with Crippen LogP contribution in [0.5, 0.6) is 0 Å². The molecule has 1 aliphatic rings. The third-order valence-electron chi connectivity index (χ3n) is 3.00. The van der Waals surface area contributed by atoms with Gasteiger partial charge in [0.15, 0.2) is 0 Å². The molecule has 0 bridgehead atoms. The van der Waals surface area contributed by atoms with Crippen molar-refractivity contribution < 1.29 is 9.84 Å². The lowest BCUT2D eigenvalue weighted by atomic mass is 9.74. The Bertz CT molecular complexity index is 328. The molecule has 0 spiro atoms. The summed E-state index contributed by atoms with van der Waals surface area (Å²) in [6, 6.07) is 8.32. The Kier molecular flexibility index (Phi) is 3.33. The van der Waals surface area contributed by atoms with Crippen LogP contribution in [0.4, 0.5) is 0 Å². The van der Waals surface area contributed by atoms with Gasteiger partial charge in [-0.05, 0) is 40.3 Å². The summed E-state index contributed by atoms with van der Waals surface area (Å²) in [5, 5.41) is 10.2. The van der Waals surface area contributed by atoms with Crippen molar-refractivity contribution in [2.24, 2.45) is 0 Å². The van der Waals surface area contributed by atoms with Gasteiger partial charge >= 0.3 is 0 Å². The molecule has 1 fully saturated rings. The van der Waals surface area contributed by atoms with E-state index < -0.39 is 5.60 Å². The molecule has 0 atom stereocenters. The summed E-state index contributed by atoms with van der Waals surface area (Å²) in [7, 11) is 1.70. The minimum atomic E-state index is -0.534. The van der Waals surface area contributed by atoms with Gasteiger partial charge in [0.1, 0.15) is 0 Å². The number of rotatable bonds is 3. The van der Waals surface area contributed by atoms with Crippen LogP contribution in [0.15, 0.2) is 24.3 Å². The molecule has 0 unspecified atom stereocenters. The molecule has 2 nitrogen and oxygen atoms in total. The summed E-state index contributed by atoms with van der Waals surface area (Å²) < 4.78 is 6.41. The average molecular weight is 318 g/mol. The summed E-state index contributed by atoms with van der Waals surface area (Å²) in [6.45, 7) is 0. The van der Waals surface area contributed by atoms with Gasteiger partial charge in [-0.25, -0.2) is 0 Å². The molecule has 0 radical (unpaired) electrons. The van der Waals surface area contributed by atoms with E-state index in [4.69, 9.17) is 4.74 Å². The quantitative estimate of drug-likeness (QED) is 0.867. The molecular weight excluding hydrogens is 303 g/mol. The van der Waals surface area contributed by atoms with E-state index in [-0.39, 0.29) is 6.10 Å². The second-order valence-corrected chi connectivity index (χ2v) is 5.54. The molecule has 1 saturated carbocycles. The molecule has 15 heavy (non-hydrogen) atoms. The first kappa shape index (κ1) is 11.4. The van der Waals surface area contributed by atoms with Crippen LogP contribution in [0.1, 0.15) is 18.4 Å². The van der Waals surface area contributed by atoms with Crippen LogP contribution in [0, 0.1) is 3.57 Å². The van der Waals surface area contributed by atoms with Crippen LogP contribution in [-0.4, -0.2) is 23.9 Å². The summed E-state index contributed by atoms with van der Waals surface area (Å²) in [4.78, 5) is 0. The smallest absolute Gasteiger partial charge is 0.0737 e. The maximum absolute atomic E-state index is 10.2. The minimum Gasteiger partial charge on any atom is -0.389 e. The number of methoxy groups -OCH3 is 1. The number of halogens is 1. The molecule has 0 aromatic heterocycles. The highest BCUT2D eigenvalue weighted by Gasteiger charge is 2.42. The molecule has 0 aliphatic heterocycles. The maximum Gasteiger partial charge on any atom is 0.0737 e. The number of benzene rings is 1. The maximum atomic E-state index is 10.2. The predicted molar refractivity (Wildman–Crippen MR) is 67.8 cm³/mol. The van der Waals surface area contributed by atoms with E-state index in [1.807, 2.05) is 0 Å². The highest BCUT2D eigenvalue weighted by molar-refractivity contribution is 14.1. The van der Waals surface area contributed by atoms with Crippen molar-refractivity contribution in [1.29, 1.82) is 0 Å². The second-order valence-electron chi connectivity index (χ2n) is 4.29. The third-order valence-corrected chi connectivity index (χ3v) is 3.71. The van der Waals surface area contributed by atoms with E-state index in [9.17, 15) is 5.11 Å². The molecule has 82 valence electrons. The lowest BCUT2D eigenvalue weighted by Crippen LogP contribution is -2.49. The minimum absolute atomic E-state index is 0.249. The van der Waals surface area contributed by atoms with E-state index in [1.54, 1.807) is 7.11 Å². The van der Waals surface area contributed by atoms with Crippen molar-refractivity contribution in [3.8, 4) is 0 Å². The lowest BCUT2D eigenvalue weighted by Gasteiger charge is -2.42. The van der Waals surface area contributed by atoms with E-state index in [1.165, 1.54) is 9.13 Å². The Balaban J connectivity index is 1.95. The van der Waals surface area contributed by atoms with Gasteiger partial charge in [-0.3, -0.25) is 0 Å². The fourth-order valence-corrected chi connectivity index (χ4v) is 2.44. The first-order valence-corrected chi connectivity index (χ1v) is 6.19. The van der Waals surface area contributed by atoms with Gasteiger partial charge in [0.25, 0.3) is 0 Å². The molecule has 1 aromatic carbocycles. The van der Waals surface area contributed by atoms with E-state index in [2.05, 4.69) is 46.9 Å². The van der Waals surface area contributed by atoms with Crippen LogP contribution in [-0.2, 0) is 11.2 Å². The Morgan fingerprint density at radius 2 is 2.00 bits per heavy atom. The monoisotopic (exact) mass is 318 g/mol. The zero-order chi connectivity index (χ0) is 10.9. The van der Waals surface area contributed by atoms with Crippen LogP contribution in [0.3, 0.4) is 0 Å². The molecule has 0 saturated heterocycles. The van der Waals surface area contributed by atoms with Gasteiger partial charge in [0.05, 0.1) is 11.7 Å². The lowest BCUT2D eigenvalue weighted by molar-refractivity contribution is -0.126. The van der Waals surface area contributed by atoms with Crippen LogP contribution in [0.2, 0.25) is 0 Å². The van der Waals surface area contributed by atoms with E-state index in [0.717, 1.165) is 19.3 Å². The third kappa shape index (κ3) is 2.71. The van der Waals surface area contributed by atoms with E-state index >= 15 is 0 Å². The highest BCUT2D eigenvalue weighted by Crippen LogP contribution is 2.36.